The predicted octanol–water partition coefficient (Wildman–Crippen LogP) is 0.831. The molecule has 1 fully saturated rings. The minimum absolute atomic E-state index is 0.130. The summed E-state index contributed by atoms with van der Waals surface area (Å²) in [6, 6.07) is 0. The van der Waals surface area contributed by atoms with Crippen molar-refractivity contribution >= 4 is 0 Å². The fraction of sp³-hybridized carbons (Fsp3) is 1.00. The lowest BCUT2D eigenvalue weighted by atomic mass is 10.1. The molecule has 1 atom stereocenters. The number of hydrogen-bond acceptors (Lipinski definition) is 3. The SMILES string of the molecule is CCCCN1CC(O)CNC(C)(C)C1. The first-order valence-electron chi connectivity index (χ1n) is 5.69. The number of hydrogen-bond donors (Lipinski definition) is 2. The molecule has 0 aromatic carbocycles. The molecular weight excluding hydrogens is 176 g/mol. The molecule has 0 aromatic rings. The molecule has 2 N–H and O–H groups in total. The average Bonchev–Trinajstić information content (AvgIpc) is 2.22. The molecule has 1 aliphatic heterocycles. The molecule has 0 bridgehead atoms. The molecule has 0 radical (unpaired) electrons. The molecule has 0 spiro atoms. The Hall–Kier alpha value is -0.120. The molecule has 1 rings (SSSR count). The number of aliphatic hydroxyl groups is 1. The van der Waals surface area contributed by atoms with E-state index in [4.69, 9.17) is 0 Å². The highest BCUT2D eigenvalue weighted by Crippen LogP contribution is 2.11. The minimum Gasteiger partial charge on any atom is -0.390 e. The van der Waals surface area contributed by atoms with Crippen LogP contribution in [0.5, 0.6) is 0 Å². The summed E-state index contributed by atoms with van der Waals surface area (Å²) in [6.07, 6.45) is 2.23. The van der Waals surface area contributed by atoms with Crippen LogP contribution >= 0.6 is 0 Å². The predicted molar refractivity (Wildman–Crippen MR) is 59.4 cm³/mol. The first kappa shape index (κ1) is 12.0. The molecule has 1 saturated heterocycles. The number of aliphatic hydroxyl groups excluding tert-OH is 1. The van der Waals surface area contributed by atoms with Gasteiger partial charge in [0, 0.05) is 25.2 Å². The van der Waals surface area contributed by atoms with Crippen molar-refractivity contribution in [3.05, 3.63) is 0 Å². The number of rotatable bonds is 3. The standard InChI is InChI=1S/C11H24N2O/c1-4-5-6-13-8-10(14)7-12-11(2,3)9-13/h10,12,14H,4-9H2,1-3H3. The van der Waals surface area contributed by atoms with Gasteiger partial charge in [-0.15, -0.1) is 0 Å². The van der Waals surface area contributed by atoms with Gasteiger partial charge in [-0.1, -0.05) is 13.3 Å². The van der Waals surface area contributed by atoms with Crippen molar-refractivity contribution in [2.75, 3.05) is 26.2 Å². The van der Waals surface area contributed by atoms with Gasteiger partial charge in [0.25, 0.3) is 0 Å². The van der Waals surface area contributed by atoms with Gasteiger partial charge in [-0.05, 0) is 26.8 Å². The van der Waals surface area contributed by atoms with E-state index in [2.05, 4.69) is 31.0 Å². The van der Waals surface area contributed by atoms with E-state index in [9.17, 15) is 5.11 Å². The minimum atomic E-state index is -0.214. The van der Waals surface area contributed by atoms with Crippen LogP contribution < -0.4 is 5.32 Å². The average molecular weight is 200 g/mol. The summed E-state index contributed by atoms with van der Waals surface area (Å²) in [5.74, 6) is 0. The number of β-amino-alcohol motifs (C(OH)–C–C–N with tert-alkyl or cyclic N) is 1. The maximum Gasteiger partial charge on any atom is 0.0791 e. The summed E-state index contributed by atoms with van der Waals surface area (Å²) in [4.78, 5) is 2.37. The Morgan fingerprint density at radius 1 is 1.50 bits per heavy atom. The van der Waals surface area contributed by atoms with E-state index in [0.717, 1.165) is 26.2 Å². The second-order valence-corrected chi connectivity index (χ2v) is 5.01. The van der Waals surface area contributed by atoms with Crippen LogP contribution in [0.15, 0.2) is 0 Å². The molecule has 1 aliphatic rings. The van der Waals surface area contributed by atoms with Gasteiger partial charge in [0.1, 0.15) is 0 Å². The fourth-order valence-corrected chi connectivity index (χ4v) is 1.99. The van der Waals surface area contributed by atoms with Crippen LogP contribution in [0.1, 0.15) is 33.6 Å². The molecule has 0 aliphatic carbocycles. The lowest BCUT2D eigenvalue weighted by Crippen LogP contribution is -2.46. The van der Waals surface area contributed by atoms with Crippen LogP contribution in [0.25, 0.3) is 0 Å². The summed E-state index contributed by atoms with van der Waals surface area (Å²) in [5, 5.41) is 13.1. The summed E-state index contributed by atoms with van der Waals surface area (Å²) in [6.45, 7) is 10.3. The van der Waals surface area contributed by atoms with Gasteiger partial charge in [0.2, 0.25) is 0 Å². The lowest BCUT2D eigenvalue weighted by molar-refractivity contribution is 0.128. The molecule has 1 unspecified atom stereocenters. The van der Waals surface area contributed by atoms with Crippen molar-refractivity contribution in [3.8, 4) is 0 Å². The number of nitrogens with one attached hydrogen (secondary N) is 1. The van der Waals surface area contributed by atoms with Crippen molar-refractivity contribution in [2.45, 2.75) is 45.3 Å². The molecule has 1 heterocycles. The highest BCUT2D eigenvalue weighted by Gasteiger charge is 2.26. The molecule has 0 aromatic heterocycles. The zero-order valence-corrected chi connectivity index (χ0v) is 9.71. The highest BCUT2D eigenvalue weighted by molar-refractivity contribution is 4.87. The van der Waals surface area contributed by atoms with Crippen molar-refractivity contribution in [1.29, 1.82) is 0 Å². The second-order valence-electron chi connectivity index (χ2n) is 5.01. The monoisotopic (exact) mass is 200 g/mol. The van der Waals surface area contributed by atoms with Crippen LogP contribution in [0.3, 0.4) is 0 Å². The van der Waals surface area contributed by atoms with Crippen LogP contribution in [-0.4, -0.2) is 47.8 Å². The van der Waals surface area contributed by atoms with Crippen molar-refractivity contribution < 1.29 is 5.11 Å². The molecule has 0 saturated carbocycles. The molecule has 0 amide bonds. The highest BCUT2D eigenvalue weighted by atomic mass is 16.3. The first-order chi connectivity index (χ1) is 6.53. The van der Waals surface area contributed by atoms with Crippen molar-refractivity contribution in [1.82, 2.24) is 10.2 Å². The van der Waals surface area contributed by atoms with E-state index < -0.39 is 0 Å². The fourth-order valence-electron chi connectivity index (χ4n) is 1.99. The van der Waals surface area contributed by atoms with Crippen LogP contribution in [0.2, 0.25) is 0 Å². The third-order valence-electron chi connectivity index (χ3n) is 2.73. The van der Waals surface area contributed by atoms with E-state index >= 15 is 0 Å². The summed E-state index contributed by atoms with van der Waals surface area (Å²) in [7, 11) is 0. The van der Waals surface area contributed by atoms with Gasteiger partial charge in [-0.3, -0.25) is 4.90 Å². The van der Waals surface area contributed by atoms with Crippen LogP contribution in [0, 0.1) is 0 Å². The topological polar surface area (TPSA) is 35.5 Å². The Balaban J connectivity index is 2.46. The quantitative estimate of drug-likeness (QED) is 0.708. The Labute approximate surface area is 87.5 Å². The number of unbranched alkanes of at least 4 members (excludes halogenated alkanes) is 1. The Bertz CT molecular complexity index is 171. The van der Waals surface area contributed by atoms with E-state index in [1.807, 2.05) is 0 Å². The van der Waals surface area contributed by atoms with Gasteiger partial charge in [0.15, 0.2) is 0 Å². The second kappa shape index (κ2) is 5.10. The lowest BCUT2D eigenvalue weighted by Gasteiger charge is -2.29. The third kappa shape index (κ3) is 3.95. The van der Waals surface area contributed by atoms with E-state index in [0.29, 0.717) is 0 Å². The van der Waals surface area contributed by atoms with E-state index in [-0.39, 0.29) is 11.6 Å². The zero-order valence-electron chi connectivity index (χ0n) is 9.71. The summed E-state index contributed by atoms with van der Waals surface area (Å²) in [5.41, 5.74) is 0.130. The van der Waals surface area contributed by atoms with Gasteiger partial charge in [0.05, 0.1) is 6.10 Å². The van der Waals surface area contributed by atoms with Gasteiger partial charge >= 0.3 is 0 Å². The smallest absolute Gasteiger partial charge is 0.0791 e. The molecule has 3 nitrogen and oxygen atoms in total. The largest absolute Gasteiger partial charge is 0.390 e. The first-order valence-corrected chi connectivity index (χ1v) is 5.69. The molecular formula is C11H24N2O. The van der Waals surface area contributed by atoms with Gasteiger partial charge < -0.3 is 10.4 Å². The third-order valence-corrected chi connectivity index (χ3v) is 2.73. The Kier molecular flexibility index (Phi) is 4.35. The molecule has 14 heavy (non-hydrogen) atoms. The van der Waals surface area contributed by atoms with Gasteiger partial charge in [-0.25, -0.2) is 0 Å². The number of nitrogens with zero attached hydrogens (tertiary/aromatic N) is 1. The Morgan fingerprint density at radius 2 is 2.21 bits per heavy atom. The maximum atomic E-state index is 9.69. The molecule has 3 heteroatoms. The van der Waals surface area contributed by atoms with Crippen LogP contribution in [-0.2, 0) is 0 Å². The Morgan fingerprint density at radius 3 is 2.86 bits per heavy atom. The maximum absolute atomic E-state index is 9.69. The normalized spacial score (nSPS) is 28.7. The summed E-state index contributed by atoms with van der Waals surface area (Å²) < 4.78 is 0. The van der Waals surface area contributed by atoms with E-state index in [1.54, 1.807) is 0 Å². The van der Waals surface area contributed by atoms with Crippen molar-refractivity contribution in [3.63, 3.8) is 0 Å². The van der Waals surface area contributed by atoms with Crippen LogP contribution in [0.4, 0.5) is 0 Å². The van der Waals surface area contributed by atoms with Crippen molar-refractivity contribution in [2.24, 2.45) is 0 Å². The molecule has 84 valence electrons. The zero-order chi connectivity index (χ0) is 10.6. The summed E-state index contributed by atoms with van der Waals surface area (Å²) >= 11 is 0. The van der Waals surface area contributed by atoms with Gasteiger partial charge in [-0.2, -0.15) is 0 Å². The van der Waals surface area contributed by atoms with E-state index in [1.165, 1.54) is 12.8 Å².